The highest BCUT2D eigenvalue weighted by molar-refractivity contribution is 5.67. The Morgan fingerprint density at radius 1 is 1.50 bits per heavy atom. The van der Waals surface area contributed by atoms with Crippen LogP contribution >= 0.6 is 0 Å². The quantitative estimate of drug-likeness (QED) is 0.632. The van der Waals surface area contributed by atoms with Gasteiger partial charge in [0, 0.05) is 0 Å². The van der Waals surface area contributed by atoms with Gasteiger partial charge in [-0.15, -0.1) is 0 Å². The standard InChI is InChI=1S/C8H15NO3/c10-8(11)6-12-5-7-1-3-9-4-2-7/h7,9H,1-6H2,(H,10,11). The molecule has 0 bridgehead atoms. The van der Waals surface area contributed by atoms with Gasteiger partial charge in [-0.1, -0.05) is 0 Å². The number of hydrogen-bond donors (Lipinski definition) is 2. The molecule has 0 atom stereocenters. The summed E-state index contributed by atoms with van der Waals surface area (Å²) in [5.74, 6) is -0.338. The number of carbonyl (C=O) groups is 1. The molecule has 0 radical (unpaired) electrons. The number of piperidine rings is 1. The highest BCUT2D eigenvalue weighted by atomic mass is 16.5. The van der Waals surface area contributed by atoms with E-state index in [4.69, 9.17) is 9.84 Å². The third kappa shape index (κ3) is 3.69. The van der Waals surface area contributed by atoms with Crippen molar-refractivity contribution in [2.24, 2.45) is 5.92 Å². The van der Waals surface area contributed by atoms with Gasteiger partial charge in [-0.05, 0) is 31.8 Å². The van der Waals surface area contributed by atoms with E-state index in [0.29, 0.717) is 12.5 Å². The average molecular weight is 173 g/mol. The summed E-state index contributed by atoms with van der Waals surface area (Å²) in [4.78, 5) is 10.1. The highest BCUT2D eigenvalue weighted by Gasteiger charge is 2.13. The van der Waals surface area contributed by atoms with Crippen molar-refractivity contribution in [1.29, 1.82) is 0 Å². The third-order valence-electron chi connectivity index (χ3n) is 2.04. The van der Waals surface area contributed by atoms with Gasteiger partial charge in [0.2, 0.25) is 0 Å². The van der Waals surface area contributed by atoms with Crippen molar-refractivity contribution in [3.8, 4) is 0 Å². The van der Waals surface area contributed by atoms with Crippen LogP contribution in [0, 0.1) is 5.92 Å². The van der Waals surface area contributed by atoms with Crippen molar-refractivity contribution in [2.45, 2.75) is 12.8 Å². The van der Waals surface area contributed by atoms with Crippen LogP contribution in [0.3, 0.4) is 0 Å². The van der Waals surface area contributed by atoms with Crippen molar-refractivity contribution < 1.29 is 14.6 Å². The van der Waals surface area contributed by atoms with E-state index in [1.165, 1.54) is 0 Å². The predicted octanol–water partition coefficient (Wildman–Crippen LogP) is 0.0872. The molecule has 70 valence electrons. The van der Waals surface area contributed by atoms with Gasteiger partial charge in [-0.2, -0.15) is 0 Å². The zero-order valence-corrected chi connectivity index (χ0v) is 7.08. The maximum absolute atomic E-state index is 10.1. The molecular weight excluding hydrogens is 158 g/mol. The summed E-state index contributed by atoms with van der Waals surface area (Å²) in [6, 6.07) is 0. The Hall–Kier alpha value is -0.610. The van der Waals surface area contributed by atoms with Gasteiger partial charge in [-0.3, -0.25) is 0 Å². The van der Waals surface area contributed by atoms with Crippen LogP contribution in [0.15, 0.2) is 0 Å². The van der Waals surface area contributed by atoms with Gasteiger partial charge in [0.05, 0.1) is 6.61 Å². The van der Waals surface area contributed by atoms with Crippen LogP contribution in [0.4, 0.5) is 0 Å². The highest BCUT2D eigenvalue weighted by Crippen LogP contribution is 2.11. The Bertz CT molecular complexity index is 143. The van der Waals surface area contributed by atoms with Crippen LogP contribution in [0.25, 0.3) is 0 Å². The van der Waals surface area contributed by atoms with Gasteiger partial charge in [0.25, 0.3) is 0 Å². The Balaban J connectivity index is 2.01. The summed E-state index contributed by atoms with van der Waals surface area (Å²) in [5.41, 5.74) is 0. The van der Waals surface area contributed by atoms with Crippen LogP contribution in [0.1, 0.15) is 12.8 Å². The number of carboxylic acids is 1. The molecule has 1 rings (SSSR count). The molecule has 0 amide bonds. The first kappa shape index (κ1) is 9.48. The molecular formula is C8H15NO3. The van der Waals surface area contributed by atoms with E-state index in [2.05, 4.69) is 5.32 Å². The lowest BCUT2D eigenvalue weighted by Gasteiger charge is -2.21. The average Bonchev–Trinajstić information content (AvgIpc) is 2.05. The van der Waals surface area contributed by atoms with Gasteiger partial charge in [0.15, 0.2) is 0 Å². The smallest absolute Gasteiger partial charge is 0.329 e. The zero-order valence-electron chi connectivity index (χ0n) is 7.08. The second-order valence-corrected chi connectivity index (χ2v) is 3.10. The molecule has 1 aliphatic rings. The van der Waals surface area contributed by atoms with Crippen LogP contribution in [0.5, 0.6) is 0 Å². The van der Waals surface area contributed by atoms with Crippen LogP contribution in [0.2, 0.25) is 0 Å². The molecule has 1 saturated heterocycles. The first-order valence-electron chi connectivity index (χ1n) is 4.29. The number of carboxylic acid groups (broad SMARTS) is 1. The van der Waals surface area contributed by atoms with Gasteiger partial charge < -0.3 is 15.2 Å². The second kappa shape index (κ2) is 5.11. The van der Waals surface area contributed by atoms with E-state index in [0.717, 1.165) is 25.9 Å². The SMILES string of the molecule is O=C(O)COCC1CCNCC1. The topological polar surface area (TPSA) is 58.6 Å². The van der Waals surface area contributed by atoms with Crippen LogP contribution in [-0.2, 0) is 9.53 Å². The Labute approximate surface area is 71.9 Å². The molecule has 0 unspecified atom stereocenters. The van der Waals surface area contributed by atoms with E-state index in [1.54, 1.807) is 0 Å². The Kier molecular flexibility index (Phi) is 4.04. The molecule has 1 aliphatic heterocycles. The molecule has 0 spiro atoms. The summed E-state index contributed by atoms with van der Waals surface area (Å²) in [5, 5.41) is 11.5. The minimum Gasteiger partial charge on any atom is -0.480 e. The number of aliphatic carboxylic acids is 1. The molecule has 0 saturated carbocycles. The fourth-order valence-electron chi connectivity index (χ4n) is 1.36. The van der Waals surface area contributed by atoms with Gasteiger partial charge in [0.1, 0.15) is 6.61 Å². The fraction of sp³-hybridized carbons (Fsp3) is 0.875. The first-order chi connectivity index (χ1) is 5.79. The Morgan fingerprint density at radius 3 is 2.75 bits per heavy atom. The first-order valence-corrected chi connectivity index (χ1v) is 4.29. The minimum absolute atomic E-state index is 0.163. The van der Waals surface area contributed by atoms with Crippen molar-refractivity contribution in [2.75, 3.05) is 26.3 Å². The molecule has 1 heterocycles. The maximum atomic E-state index is 10.1. The van der Waals surface area contributed by atoms with E-state index in [1.807, 2.05) is 0 Å². The lowest BCUT2D eigenvalue weighted by atomic mass is 9.99. The molecule has 12 heavy (non-hydrogen) atoms. The molecule has 0 aliphatic carbocycles. The molecule has 0 aromatic carbocycles. The monoisotopic (exact) mass is 173 g/mol. The van der Waals surface area contributed by atoms with E-state index < -0.39 is 5.97 Å². The maximum Gasteiger partial charge on any atom is 0.329 e. The summed E-state index contributed by atoms with van der Waals surface area (Å²) in [6.45, 7) is 2.49. The lowest BCUT2D eigenvalue weighted by molar-refractivity contribution is -0.142. The summed E-state index contributed by atoms with van der Waals surface area (Å²) < 4.78 is 5.01. The lowest BCUT2D eigenvalue weighted by Crippen LogP contribution is -2.30. The third-order valence-corrected chi connectivity index (χ3v) is 2.04. The summed E-state index contributed by atoms with van der Waals surface area (Å²) in [6.07, 6.45) is 2.19. The van der Waals surface area contributed by atoms with Crippen molar-refractivity contribution in [3.05, 3.63) is 0 Å². The fourth-order valence-corrected chi connectivity index (χ4v) is 1.36. The molecule has 0 aromatic heterocycles. The van der Waals surface area contributed by atoms with Crippen molar-refractivity contribution >= 4 is 5.97 Å². The van der Waals surface area contributed by atoms with Gasteiger partial charge >= 0.3 is 5.97 Å². The minimum atomic E-state index is -0.885. The number of ether oxygens (including phenoxy) is 1. The van der Waals surface area contributed by atoms with E-state index >= 15 is 0 Å². The molecule has 4 heteroatoms. The number of hydrogen-bond acceptors (Lipinski definition) is 3. The van der Waals surface area contributed by atoms with Crippen molar-refractivity contribution in [3.63, 3.8) is 0 Å². The molecule has 2 N–H and O–H groups in total. The molecule has 1 fully saturated rings. The molecule has 0 aromatic rings. The largest absolute Gasteiger partial charge is 0.480 e. The normalized spacial score (nSPS) is 19.3. The molecule has 4 nitrogen and oxygen atoms in total. The van der Waals surface area contributed by atoms with Crippen molar-refractivity contribution in [1.82, 2.24) is 5.32 Å². The van der Waals surface area contributed by atoms with Crippen LogP contribution in [-0.4, -0.2) is 37.4 Å². The summed E-state index contributed by atoms with van der Waals surface area (Å²) >= 11 is 0. The van der Waals surface area contributed by atoms with Crippen LogP contribution < -0.4 is 5.32 Å². The van der Waals surface area contributed by atoms with E-state index in [9.17, 15) is 4.79 Å². The van der Waals surface area contributed by atoms with Gasteiger partial charge in [-0.25, -0.2) is 4.79 Å². The zero-order chi connectivity index (χ0) is 8.81. The number of rotatable bonds is 4. The predicted molar refractivity (Wildman–Crippen MR) is 44.0 cm³/mol. The second-order valence-electron chi connectivity index (χ2n) is 3.10. The number of nitrogens with one attached hydrogen (secondary N) is 1. The van der Waals surface area contributed by atoms with E-state index in [-0.39, 0.29) is 6.61 Å². The summed E-state index contributed by atoms with van der Waals surface area (Å²) in [7, 11) is 0. The Morgan fingerprint density at radius 2 is 2.17 bits per heavy atom.